The second kappa shape index (κ2) is 7.71. The van der Waals surface area contributed by atoms with Gasteiger partial charge in [0.25, 0.3) is 0 Å². The third-order valence-corrected chi connectivity index (χ3v) is 6.68. The molecule has 1 saturated heterocycles. The van der Waals surface area contributed by atoms with Crippen molar-refractivity contribution in [2.75, 3.05) is 0 Å². The van der Waals surface area contributed by atoms with Gasteiger partial charge in [0.15, 0.2) is 23.6 Å². The molecule has 2 fully saturated rings. The molecule has 1 aromatic heterocycles. The lowest BCUT2D eigenvalue weighted by Crippen LogP contribution is -2.31. The summed E-state index contributed by atoms with van der Waals surface area (Å²) in [4.78, 5) is 38.5. The number of Topliss-reactive ketones (excluding diaryl/α,β-unsaturated/α-hetero) is 2. The summed E-state index contributed by atoms with van der Waals surface area (Å²) in [6, 6.07) is 15.8. The molecule has 0 bridgehead atoms. The van der Waals surface area contributed by atoms with Crippen LogP contribution in [0.25, 0.3) is 21.8 Å². The van der Waals surface area contributed by atoms with Gasteiger partial charge in [0.2, 0.25) is 0 Å². The number of esters is 1. The molecule has 0 amide bonds. The van der Waals surface area contributed by atoms with Crippen molar-refractivity contribution in [1.82, 2.24) is 4.57 Å². The Morgan fingerprint density at radius 1 is 0.900 bits per heavy atom. The van der Waals surface area contributed by atoms with E-state index in [9.17, 15) is 14.4 Å². The molecule has 2 heterocycles. The first-order chi connectivity index (χ1) is 14.6. The van der Waals surface area contributed by atoms with Crippen LogP contribution in [0.1, 0.15) is 38.5 Å². The molecule has 5 rings (SSSR count). The Hall–Kier alpha value is -2.95. The zero-order valence-electron chi connectivity index (χ0n) is 16.9. The van der Waals surface area contributed by atoms with Crippen molar-refractivity contribution in [2.24, 2.45) is 11.8 Å². The molecule has 154 valence electrons. The Balaban J connectivity index is 1.40. The zero-order chi connectivity index (χ0) is 20.7. The molecule has 5 nitrogen and oxygen atoms in total. The molecule has 2 unspecified atom stereocenters. The number of carbonyl (C=O) groups excluding carboxylic acids is 3. The molecule has 2 aliphatic rings. The molecule has 1 aliphatic heterocycles. The first-order valence-corrected chi connectivity index (χ1v) is 10.9. The predicted octanol–water partition coefficient (Wildman–Crippen LogP) is 4.44. The molecule has 30 heavy (non-hydrogen) atoms. The van der Waals surface area contributed by atoms with Crippen molar-refractivity contribution >= 4 is 39.3 Å². The summed E-state index contributed by atoms with van der Waals surface area (Å²) in [5.41, 5.74) is 1.84. The van der Waals surface area contributed by atoms with Gasteiger partial charge in [-0.25, -0.2) is 0 Å². The van der Waals surface area contributed by atoms with E-state index in [4.69, 9.17) is 4.74 Å². The van der Waals surface area contributed by atoms with Crippen LogP contribution < -0.4 is 0 Å². The van der Waals surface area contributed by atoms with Crippen LogP contribution in [0.4, 0.5) is 0 Å². The number of rotatable bonds is 5. The van der Waals surface area contributed by atoms with Crippen molar-refractivity contribution < 1.29 is 19.1 Å². The number of carbonyl (C=O) groups is 3. The minimum Gasteiger partial charge on any atom is -0.453 e. The largest absolute Gasteiger partial charge is 0.453 e. The average Bonchev–Trinajstić information content (AvgIpc) is 3.23. The van der Waals surface area contributed by atoms with Crippen LogP contribution in [0.2, 0.25) is 0 Å². The van der Waals surface area contributed by atoms with Gasteiger partial charge in [0.1, 0.15) is 0 Å². The normalized spacial score (nSPS) is 22.7. The Morgan fingerprint density at radius 2 is 1.50 bits per heavy atom. The van der Waals surface area contributed by atoms with Crippen LogP contribution >= 0.6 is 0 Å². The van der Waals surface area contributed by atoms with E-state index in [-0.39, 0.29) is 18.1 Å². The van der Waals surface area contributed by atoms with E-state index >= 15 is 0 Å². The smallest absolute Gasteiger partial charge is 0.325 e. The van der Waals surface area contributed by atoms with Crippen molar-refractivity contribution in [2.45, 2.75) is 51.2 Å². The molecular formula is C25H25NO4. The molecule has 3 aromatic rings. The molecule has 5 heteroatoms. The highest BCUT2D eigenvalue weighted by molar-refractivity contribution is 6.22. The summed E-state index contributed by atoms with van der Waals surface area (Å²) in [5.74, 6) is -2.30. The van der Waals surface area contributed by atoms with Crippen molar-refractivity contribution in [3.05, 3.63) is 48.5 Å². The topological polar surface area (TPSA) is 65.4 Å². The maximum atomic E-state index is 13.1. The second-order valence-corrected chi connectivity index (χ2v) is 8.59. The Labute approximate surface area is 175 Å². The standard InChI is InChI=1S/C25H25NO4/c27-21(23-24(28)22(30-25(23)29)14-16-8-2-1-3-9-16)15-26-19-12-6-4-10-17(19)18-11-5-7-13-20(18)26/h4-7,10-13,16,22-23H,1-3,8-9,14-15H2. The number of ether oxygens (including phenoxy) is 1. The number of cyclic esters (lactones) is 1. The highest BCUT2D eigenvalue weighted by Gasteiger charge is 2.48. The van der Waals surface area contributed by atoms with E-state index < -0.39 is 18.0 Å². The quantitative estimate of drug-likeness (QED) is 0.466. The second-order valence-electron chi connectivity index (χ2n) is 8.59. The number of hydrogen-bond acceptors (Lipinski definition) is 4. The van der Waals surface area contributed by atoms with E-state index in [0.29, 0.717) is 12.3 Å². The minimum absolute atomic E-state index is 0.0182. The number of fused-ring (bicyclic) bond motifs is 3. The number of para-hydroxylation sites is 2. The van der Waals surface area contributed by atoms with Crippen LogP contribution in [0.3, 0.4) is 0 Å². The first kappa shape index (κ1) is 19.0. The molecule has 2 aromatic carbocycles. The van der Waals surface area contributed by atoms with E-state index in [1.165, 1.54) is 6.42 Å². The third-order valence-electron chi connectivity index (χ3n) is 6.68. The predicted molar refractivity (Wildman–Crippen MR) is 114 cm³/mol. The van der Waals surface area contributed by atoms with E-state index in [1.807, 2.05) is 53.1 Å². The fourth-order valence-corrected chi connectivity index (χ4v) is 5.17. The van der Waals surface area contributed by atoms with E-state index in [1.54, 1.807) is 0 Å². The molecule has 1 aliphatic carbocycles. The van der Waals surface area contributed by atoms with Gasteiger partial charge in [-0.15, -0.1) is 0 Å². The zero-order valence-corrected chi connectivity index (χ0v) is 16.9. The summed E-state index contributed by atoms with van der Waals surface area (Å²) in [6.07, 6.45) is 5.50. The average molecular weight is 403 g/mol. The fourth-order valence-electron chi connectivity index (χ4n) is 5.17. The van der Waals surface area contributed by atoms with Crippen molar-refractivity contribution in [3.8, 4) is 0 Å². The summed E-state index contributed by atoms with van der Waals surface area (Å²) >= 11 is 0. The van der Waals surface area contributed by atoms with Gasteiger partial charge in [-0.05, 0) is 24.5 Å². The fraction of sp³-hybridized carbons (Fsp3) is 0.400. The molecule has 0 spiro atoms. The van der Waals surface area contributed by atoms with Crippen molar-refractivity contribution in [1.29, 1.82) is 0 Å². The lowest BCUT2D eigenvalue weighted by Gasteiger charge is -2.23. The molecule has 0 radical (unpaired) electrons. The van der Waals surface area contributed by atoms with Gasteiger partial charge in [0.05, 0.1) is 6.54 Å². The molecule has 1 saturated carbocycles. The van der Waals surface area contributed by atoms with E-state index in [0.717, 1.165) is 47.5 Å². The van der Waals surface area contributed by atoms with Gasteiger partial charge in [0, 0.05) is 21.8 Å². The Morgan fingerprint density at radius 3 is 2.13 bits per heavy atom. The summed E-state index contributed by atoms with van der Waals surface area (Å²) in [7, 11) is 0. The molecule has 0 N–H and O–H groups in total. The van der Waals surface area contributed by atoms with Gasteiger partial charge in [-0.2, -0.15) is 0 Å². The van der Waals surface area contributed by atoms with Gasteiger partial charge >= 0.3 is 5.97 Å². The maximum absolute atomic E-state index is 13.1. The van der Waals surface area contributed by atoms with Crippen LogP contribution in [0, 0.1) is 11.8 Å². The van der Waals surface area contributed by atoms with Crippen LogP contribution in [0.5, 0.6) is 0 Å². The number of ketones is 2. The minimum atomic E-state index is -1.29. The SMILES string of the molecule is O=C(Cn1c2ccccc2c2ccccc21)C1C(=O)OC(CC2CCCCC2)C1=O. The Kier molecular flexibility index (Phi) is 4.89. The molecular weight excluding hydrogens is 378 g/mol. The monoisotopic (exact) mass is 403 g/mol. The van der Waals surface area contributed by atoms with Crippen LogP contribution in [-0.2, 0) is 25.7 Å². The summed E-state index contributed by atoms with van der Waals surface area (Å²) in [5, 5.41) is 2.10. The summed E-state index contributed by atoms with van der Waals surface area (Å²) in [6.45, 7) is -0.0182. The lowest BCUT2D eigenvalue weighted by atomic mass is 9.84. The number of aromatic nitrogens is 1. The van der Waals surface area contributed by atoms with Crippen molar-refractivity contribution in [3.63, 3.8) is 0 Å². The highest BCUT2D eigenvalue weighted by Crippen LogP contribution is 2.33. The lowest BCUT2D eigenvalue weighted by molar-refractivity contribution is -0.147. The van der Waals surface area contributed by atoms with Gasteiger partial charge in [-0.3, -0.25) is 14.4 Å². The van der Waals surface area contributed by atoms with Gasteiger partial charge < -0.3 is 9.30 Å². The highest BCUT2D eigenvalue weighted by atomic mass is 16.6. The molecule has 2 atom stereocenters. The van der Waals surface area contributed by atoms with Crippen LogP contribution in [0.15, 0.2) is 48.5 Å². The number of hydrogen-bond donors (Lipinski definition) is 0. The first-order valence-electron chi connectivity index (χ1n) is 10.9. The summed E-state index contributed by atoms with van der Waals surface area (Å²) < 4.78 is 7.29. The van der Waals surface area contributed by atoms with E-state index in [2.05, 4.69) is 0 Å². The number of benzene rings is 2. The maximum Gasteiger partial charge on any atom is 0.325 e. The van der Waals surface area contributed by atoms with Crippen LogP contribution in [-0.4, -0.2) is 28.2 Å². The third kappa shape index (κ3) is 3.22. The number of nitrogens with zero attached hydrogens (tertiary/aromatic N) is 1. The Bertz CT molecular complexity index is 1090. The van der Waals surface area contributed by atoms with Gasteiger partial charge in [-0.1, -0.05) is 68.5 Å².